The predicted molar refractivity (Wildman–Crippen MR) is 123 cm³/mol. The Kier molecular flexibility index (Phi) is 5.94. The van der Waals surface area contributed by atoms with Crippen LogP contribution in [-0.4, -0.2) is 21.9 Å². The van der Waals surface area contributed by atoms with Gasteiger partial charge < -0.3 is 10.0 Å². The number of hydrogen-bond donors (Lipinski definition) is 1. The highest BCUT2D eigenvalue weighted by molar-refractivity contribution is 6.35. The molecule has 0 atom stereocenters. The Morgan fingerprint density at radius 2 is 1.68 bits per heavy atom. The first kappa shape index (κ1) is 20.9. The second-order valence-electron chi connectivity index (χ2n) is 7.05. The summed E-state index contributed by atoms with van der Waals surface area (Å²) < 4.78 is 0. The van der Waals surface area contributed by atoms with Crippen LogP contribution >= 0.6 is 23.2 Å². The predicted octanol–water partition coefficient (Wildman–Crippen LogP) is 6.16. The minimum Gasteiger partial charge on any atom is -0.478 e. The third-order valence-corrected chi connectivity index (χ3v) is 5.52. The average Bonchev–Trinajstić information content (AvgIpc) is 3.06. The van der Waals surface area contributed by atoms with Gasteiger partial charge in [0.05, 0.1) is 17.8 Å². The van der Waals surface area contributed by atoms with Crippen LogP contribution < -0.4 is 0 Å². The molecule has 0 bridgehead atoms. The molecule has 1 aliphatic heterocycles. The first-order chi connectivity index (χ1) is 14.9. The Morgan fingerprint density at radius 1 is 0.968 bits per heavy atom. The van der Waals surface area contributed by atoms with Crippen molar-refractivity contribution in [2.45, 2.75) is 6.54 Å². The Morgan fingerprint density at radius 3 is 2.32 bits per heavy atom. The zero-order valence-electron chi connectivity index (χ0n) is 16.3. The number of halogens is 2. The molecule has 6 heteroatoms. The van der Waals surface area contributed by atoms with Crippen LogP contribution in [0.2, 0.25) is 10.0 Å². The number of carbonyl (C=O) groups is 2. The van der Waals surface area contributed by atoms with Gasteiger partial charge in [0, 0.05) is 15.6 Å². The lowest BCUT2D eigenvalue weighted by molar-refractivity contribution is -0.123. The van der Waals surface area contributed by atoms with Crippen molar-refractivity contribution < 1.29 is 14.7 Å². The van der Waals surface area contributed by atoms with Gasteiger partial charge >= 0.3 is 5.97 Å². The smallest absolute Gasteiger partial charge is 0.335 e. The molecular formula is C25H17Cl2NO3. The number of rotatable bonds is 5. The van der Waals surface area contributed by atoms with Crippen LogP contribution in [0, 0.1) is 0 Å². The first-order valence-corrected chi connectivity index (χ1v) is 10.3. The molecule has 0 unspecified atom stereocenters. The minimum atomic E-state index is -0.987. The van der Waals surface area contributed by atoms with Crippen molar-refractivity contribution in [3.8, 4) is 0 Å². The largest absolute Gasteiger partial charge is 0.478 e. The van der Waals surface area contributed by atoms with Crippen LogP contribution in [0.4, 0.5) is 0 Å². The number of hydrogen-bond acceptors (Lipinski definition) is 2. The van der Waals surface area contributed by atoms with Gasteiger partial charge in [-0.3, -0.25) is 4.79 Å². The van der Waals surface area contributed by atoms with Gasteiger partial charge in [0.2, 0.25) is 0 Å². The van der Waals surface area contributed by atoms with E-state index in [9.17, 15) is 9.59 Å². The molecule has 31 heavy (non-hydrogen) atoms. The summed E-state index contributed by atoms with van der Waals surface area (Å²) in [6, 6.07) is 21.3. The molecule has 154 valence electrons. The normalized spacial score (nSPS) is 14.8. The van der Waals surface area contributed by atoms with E-state index in [4.69, 9.17) is 28.3 Å². The molecule has 3 aromatic carbocycles. The molecule has 0 saturated heterocycles. The zero-order chi connectivity index (χ0) is 22.0. The van der Waals surface area contributed by atoms with Crippen LogP contribution in [-0.2, 0) is 11.3 Å². The third kappa shape index (κ3) is 4.55. The van der Waals surface area contributed by atoms with Gasteiger partial charge in [0.15, 0.2) is 0 Å². The fourth-order valence-electron chi connectivity index (χ4n) is 3.38. The van der Waals surface area contributed by atoms with Crippen LogP contribution in [0.25, 0.3) is 11.8 Å². The lowest BCUT2D eigenvalue weighted by Gasteiger charge is -2.21. The van der Waals surface area contributed by atoms with E-state index in [1.165, 1.54) is 12.1 Å². The maximum Gasteiger partial charge on any atom is 0.335 e. The second kappa shape index (κ2) is 8.80. The van der Waals surface area contributed by atoms with Crippen molar-refractivity contribution in [2.24, 2.45) is 0 Å². The van der Waals surface area contributed by atoms with Crippen molar-refractivity contribution >= 4 is 46.9 Å². The Balaban J connectivity index is 1.71. The number of benzene rings is 3. The molecule has 0 fully saturated rings. The molecular weight excluding hydrogens is 433 g/mol. The molecule has 1 N–H and O–H groups in total. The number of aromatic carboxylic acids is 1. The summed E-state index contributed by atoms with van der Waals surface area (Å²) in [4.78, 5) is 26.1. The number of nitrogens with zero attached hydrogens (tertiary/aromatic N) is 1. The van der Waals surface area contributed by atoms with Crippen LogP contribution in [0.15, 0.2) is 84.4 Å². The second-order valence-corrected chi connectivity index (χ2v) is 7.90. The quantitative estimate of drug-likeness (QED) is 0.474. The van der Waals surface area contributed by atoms with Crippen molar-refractivity contribution in [3.63, 3.8) is 0 Å². The molecule has 4 nitrogen and oxygen atoms in total. The van der Waals surface area contributed by atoms with Gasteiger partial charge in [0.1, 0.15) is 0 Å². The molecule has 0 aromatic heterocycles. The molecule has 3 aromatic rings. The van der Waals surface area contributed by atoms with Crippen LogP contribution in [0.5, 0.6) is 0 Å². The fourth-order valence-corrected chi connectivity index (χ4v) is 3.85. The summed E-state index contributed by atoms with van der Waals surface area (Å²) in [5.74, 6) is -1.15. The SMILES string of the molecule is O=C(O)c1ccc(CN2C(=O)/C(=C\c3ccc(Cl)cc3Cl)C=C2c2ccccc2)cc1. The summed E-state index contributed by atoms with van der Waals surface area (Å²) in [7, 11) is 0. The zero-order valence-corrected chi connectivity index (χ0v) is 17.8. The molecule has 1 aliphatic rings. The lowest BCUT2D eigenvalue weighted by atomic mass is 10.1. The molecule has 0 radical (unpaired) electrons. The summed E-state index contributed by atoms with van der Waals surface area (Å²) in [6.07, 6.45) is 3.59. The van der Waals surface area contributed by atoms with Crippen LogP contribution in [0.1, 0.15) is 27.0 Å². The minimum absolute atomic E-state index is 0.160. The van der Waals surface area contributed by atoms with Crippen LogP contribution in [0.3, 0.4) is 0 Å². The van der Waals surface area contributed by atoms with Crippen molar-refractivity contribution in [2.75, 3.05) is 0 Å². The summed E-state index contributed by atoms with van der Waals surface area (Å²) >= 11 is 12.3. The first-order valence-electron chi connectivity index (χ1n) is 9.50. The molecule has 1 amide bonds. The van der Waals surface area contributed by atoms with E-state index in [-0.39, 0.29) is 11.5 Å². The van der Waals surface area contributed by atoms with Crippen molar-refractivity contribution in [3.05, 3.63) is 117 Å². The van der Waals surface area contributed by atoms with Gasteiger partial charge in [-0.15, -0.1) is 0 Å². The maximum absolute atomic E-state index is 13.3. The molecule has 1 heterocycles. The number of carboxylic acids is 1. The van der Waals surface area contributed by atoms with E-state index in [2.05, 4.69) is 0 Å². The highest BCUT2D eigenvalue weighted by Crippen LogP contribution is 2.33. The van der Waals surface area contributed by atoms with Gasteiger partial charge in [-0.2, -0.15) is 0 Å². The van der Waals surface area contributed by atoms with Crippen molar-refractivity contribution in [1.82, 2.24) is 4.90 Å². The lowest BCUT2D eigenvalue weighted by Crippen LogP contribution is -2.25. The van der Waals surface area contributed by atoms with E-state index in [0.717, 1.165) is 16.8 Å². The van der Waals surface area contributed by atoms with Crippen molar-refractivity contribution in [1.29, 1.82) is 0 Å². The van der Waals surface area contributed by atoms with Gasteiger partial charge in [0.25, 0.3) is 5.91 Å². The van der Waals surface area contributed by atoms with E-state index >= 15 is 0 Å². The topological polar surface area (TPSA) is 57.6 Å². The molecule has 0 spiro atoms. The number of carboxylic acid groups (broad SMARTS) is 1. The summed E-state index contributed by atoms with van der Waals surface area (Å²) in [5, 5.41) is 10.1. The molecule has 4 rings (SSSR count). The van der Waals surface area contributed by atoms with Gasteiger partial charge in [-0.25, -0.2) is 4.79 Å². The molecule has 0 saturated carbocycles. The Labute approximate surface area is 189 Å². The van der Waals surface area contributed by atoms with E-state index in [0.29, 0.717) is 27.7 Å². The average molecular weight is 450 g/mol. The monoisotopic (exact) mass is 449 g/mol. The molecule has 0 aliphatic carbocycles. The van der Waals surface area contributed by atoms with E-state index in [1.807, 2.05) is 36.4 Å². The highest BCUT2D eigenvalue weighted by atomic mass is 35.5. The standard InChI is InChI=1S/C25H17Cl2NO3/c26-21-11-10-19(22(27)14-21)12-20-13-23(17-4-2-1-3-5-17)28(24(20)29)15-16-6-8-18(9-7-16)25(30)31/h1-14H,15H2,(H,30,31)/b20-12-. The Bertz CT molecular complexity index is 1220. The maximum atomic E-state index is 13.3. The number of amides is 1. The van der Waals surface area contributed by atoms with E-state index in [1.54, 1.807) is 41.3 Å². The summed E-state index contributed by atoms with van der Waals surface area (Å²) in [6.45, 7) is 0.311. The third-order valence-electron chi connectivity index (χ3n) is 4.96. The fraction of sp³-hybridized carbons (Fsp3) is 0.0400. The Hall–Kier alpha value is -3.34. The van der Waals surface area contributed by atoms with Gasteiger partial charge in [-0.05, 0) is 53.1 Å². The highest BCUT2D eigenvalue weighted by Gasteiger charge is 2.29. The van der Waals surface area contributed by atoms with E-state index < -0.39 is 5.97 Å². The number of carbonyl (C=O) groups excluding carboxylic acids is 1. The summed E-state index contributed by atoms with van der Waals surface area (Å²) in [5.41, 5.74) is 3.91. The van der Waals surface area contributed by atoms with Gasteiger partial charge in [-0.1, -0.05) is 71.7 Å².